The molecular weight excluding hydrogens is 244 g/mol. The van der Waals surface area contributed by atoms with Crippen LogP contribution in [-0.2, 0) is 9.53 Å². The average molecular weight is 254 g/mol. The summed E-state index contributed by atoms with van der Waals surface area (Å²) in [5.74, 6) is -0.131. The van der Waals surface area contributed by atoms with Crippen LogP contribution < -0.4 is 10.5 Å². The van der Waals surface area contributed by atoms with Gasteiger partial charge in [-0.05, 0) is 13.0 Å². The summed E-state index contributed by atoms with van der Waals surface area (Å²) in [6.45, 7) is 1.64. The van der Waals surface area contributed by atoms with Gasteiger partial charge in [-0.15, -0.1) is 0 Å². The van der Waals surface area contributed by atoms with Crippen LogP contribution in [-0.4, -0.2) is 5.97 Å². The topological polar surface area (TPSA) is 85.3 Å². The maximum Gasteiger partial charge on any atom is 0.343 e. The second-order valence-corrected chi connectivity index (χ2v) is 4.32. The lowest BCUT2D eigenvalue weighted by molar-refractivity contribution is -0.131. The van der Waals surface area contributed by atoms with Crippen LogP contribution in [0.5, 0.6) is 5.75 Å². The Hall–Kier alpha value is -2.74. The highest BCUT2D eigenvalue weighted by molar-refractivity contribution is 5.96. The van der Waals surface area contributed by atoms with Gasteiger partial charge in [0.1, 0.15) is 23.2 Å². The Morgan fingerprint density at radius 2 is 2.05 bits per heavy atom. The van der Waals surface area contributed by atoms with E-state index in [1.165, 1.54) is 0 Å². The maximum absolute atomic E-state index is 12.0. The van der Waals surface area contributed by atoms with Gasteiger partial charge in [0.05, 0.1) is 11.5 Å². The van der Waals surface area contributed by atoms with Gasteiger partial charge in [0.15, 0.2) is 0 Å². The molecule has 1 unspecified atom stereocenters. The van der Waals surface area contributed by atoms with Crippen LogP contribution in [0.3, 0.4) is 0 Å². The largest absolute Gasteiger partial charge is 0.445 e. The summed E-state index contributed by atoms with van der Waals surface area (Å²) < 4.78 is 10.5. The molecule has 3 rings (SSSR count). The molecule has 0 aromatic heterocycles. The smallest absolute Gasteiger partial charge is 0.343 e. The Kier molecular flexibility index (Phi) is 2.32. The molecule has 2 N–H and O–H groups in total. The zero-order valence-corrected chi connectivity index (χ0v) is 10.1. The molecular formula is C14H10N2O3. The van der Waals surface area contributed by atoms with Gasteiger partial charge >= 0.3 is 5.97 Å². The maximum atomic E-state index is 12.0. The Balaban J connectivity index is 2.30. The standard InChI is InChI=1S/C14H10N2O3/c1-7-11-12(9(6-15)13(16)18-7)8-4-2-3-5-10(8)19-14(11)17/h2-5,12H,16H2,1H3. The molecule has 1 atom stereocenters. The number of carbonyl (C=O) groups is 1. The number of fused-ring (bicyclic) bond motifs is 3. The molecule has 1 aromatic carbocycles. The van der Waals surface area contributed by atoms with Gasteiger partial charge in [-0.1, -0.05) is 18.2 Å². The van der Waals surface area contributed by atoms with Crippen molar-refractivity contribution in [1.29, 1.82) is 5.26 Å². The molecule has 0 saturated heterocycles. The Morgan fingerprint density at radius 3 is 2.79 bits per heavy atom. The molecule has 0 bridgehead atoms. The van der Waals surface area contributed by atoms with E-state index in [4.69, 9.17) is 15.2 Å². The third kappa shape index (κ3) is 1.50. The number of nitriles is 1. The number of hydrogen-bond acceptors (Lipinski definition) is 5. The third-order valence-corrected chi connectivity index (χ3v) is 3.26. The summed E-state index contributed by atoms with van der Waals surface area (Å²) in [6, 6.07) is 9.13. The molecule has 0 radical (unpaired) electrons. The van der Waals surface area contributed by atoms with E-state index < -0.39 is 11.9 Å². The van der Waals surface area contributed by atoms with Crippen molar-refractivity contribution in [3.05, 3.63) is 52.6 Å². The first-order chi connectivity index (χ1) is 9.13. The monoisotopic (exact) mass is 254 g/mol. The molecule has 2 heterocycles. The number of rotatable bonds is 0. The summed E-state index contributed by atoms with van der Waals surface area (Å²) in [6.07, 6.45) is 0. The lowest BCUT2D eigenvalue weighted by atomic mass is 9.81. The minimum absolute atomic E-state index is 0.0400. The quantitative estimate of drug-likeness (QED) is 0.562. The fraction of sp³-hybridized carbons (Fsp3) is 0.143. The minimum Gasteiger partial charge on any atom is -0.445 e. The molecule has 5 heteroatoms. The van der Waals surface area contributed by atoms with Gasteiger partial charge in [-0.2, -0.15) is 5.26 Å². The molecule has 0 amide bonds. The van der Waals surface area contributed by atoms with Crippen LogP contribution in [0.2, 0.25) is 0 Å². The van der Waals surface area contributed by atoms with Gasteiger partial charge in [-0.3, -0.25) is 0 Å². The van der Waals surface area contributed by atoms with E-state index in [2.05, 4.69) is 0 Å². The Labute approximate surface area is 109 Å². The van der Waals surface area contributed by atoms with Crippen molar-refractivity contribution >= 4 is 5.97 Å². The number of para-hydroxylation sites is 1. The number of esters is 1. The first kappa shape index (κ1) is 11.4. The number of benzene rings is 1. The van der Waals surface area contributed by atoms with E-state index in [-0.39, 0.29) is 11.5 Å². The zero-order valence-electron chi connectivity index (χ0n) is 10.1. The summed E-state index contributed by atoms with van der Waals surface area (Å²) in [5, 5.41) is 9.26. The first-order valence-electron chi connectivity index (χ1n) is 5.73. The molecule has 0 spiro atoms. The lowest BCUT2D eigenvalue weighted by Gasteiger charge is -2.31. The molecule has 2 aliphatic rings. The van der Waals surface area contributed by atoms with Crippen molar-refractivity contribution in [2.75, 3.05) is 0 Å². The van der Waals surface area contributed by atoms with Gasteiger partial charge in [0.2, 0.25) is 5.88 Å². The molecule has 1 aromatic rings. The summed E-state index contributed by atoms with van der Waals surface area (Å²) in [5.41, 5.74) is 7.07. The van der Waals surface area contributed by atoms with E-state index >= 15 is 0 Å². The van der Waals surface area contributed by atoms with Crippen molar-refractivity contribution in [2.24, 2.45) is 5.73 Å². The summed E-state index contributed by atoms with van der Waals surface area (Å²) in [7, 11) is 0. The van der Waals surface area contributed by atoms with E-state index in [0.29, 0.717) is 17.1 Å². The number of carbonyl (C=O) groups excluding carboxylic acids is 1. The van der Waals surface area contributed by atoms with Crippen molar-refractivity contribution in [1.82, 2.24) is 0 Å². The fourth-order valence-corrected chi connectivity index (χ4v) is 2.42. The minimum atomic E-state index is -0.504. The second kappa shape index (κ2) is 3.89. The first-order valence-corrected chi connectivity index (χ1v) is 5.73. The zero-order chi connectivity index (χ0) is 13.6. The SMILES string of the molecule is CC1=C2C(=O)Oc3ccccc3C2C(C#N)=C(N)O1. The predicted molar refractivity (Wildman–Crippen MR) is 65.4 cm³/mol. The van der Waals surface area contributed by atoms with Crippen LogP contribution in [0.25, 0.3) is 0 Å². The number of nitrogens with two attached hydrogens (primary N) is 1. The number of allylic oxidation sites excluding steroid dienone is 2. The molecule has 2 aliphatic heterocycles. The summed E-state index contributed by atoms with van der Waals surface area (Å²) >= 11 is 0. The van der Waals surface area contributed by atoms with E-state index in [1.807, 2.05) is 18.2 Å². The Bertz CT molecular complexity index is 695. The van der Waals surface area contributed by atoms with Crippen LogP contribution in [0.15, 0.2) is 47.1 Å². The van der Waals surface area contributed by atoms with Crippen molar-refractivity contribution in [3.8, 4) is 11.8 Å². The molecule has 0 aliphatic carbocycles. The predicted octanol–water partition coefficient (Wildman–Crippen LogP) is 1.69. The number of nitrogens with zero attached hydrogens (tertiary/aromatic N) is 1. The highest BCUT2D eigenvalue weighted by atomic mass is 16.5. The van der Waals surface area contributed by atoms with Crippen LogP contribution in [0, 0.1) is 11.3 Å². The highest BCUT2D eigenvalue weighted by Gasteiger charge is 2.41. The van der Waals surface area contributed by atoms with Crippen LogP contribution in [0.4, 0.5) is 0 Å². The van der Waals surface area contributed by atoms with Crippen molar-refractivity contribution in [2.45, 2.75) is 12.8 Å². The summed E-state index contributed by atoms with van der Waals surface area (Å²) in [4.78, 5) is 12.0. The third-order valence-electron chi connectivity index (χ3n) is 3.26. The normalized spacial score (nSPS) is 21.1. The number of ether oxygens (including phenoxy) is 2. The van der Waals surface area contributed by atoms with E-state index in [0.717, 1.165) is 5.56 Å². The molecule has 19 heavy (non-hydrogen) atoms. The van der Waals surface area contributed by atoms with E-state index in [9.17, 15) is 10.1 Å². The number of hydrogen-bond donors (Lipinski definition) is 1. The lowest BCUT2D eigenvalue weighted by Crippen LogP contribution is -2.30. The fourth-order valence-electron chi connectivity index (χ4n) is 2.42. The van der Waals surface area contributed by atoms with Crippen molar-refractivity contribution < 1.29 is 14.3 Å². The average Bonchev–Trinajstić information content (AvgIpc) is 2.38. The van der Waals surface area contributed by atoms with Crippen LogP contribution in [0.1, 0.15) is 18.4 Å². The van der Waals surface area contributed by atoms with Gasteiger partial charge < -0.3 is 15.2 Å². The Morgan fingerprint density at radius 1 is 1.32 bits per heavy atom. The van der Waals surface area contributed by atoms with Gasteiger partial charge in [0, 0.05) is 5.56 Å². The molecule has 0 saturated carbocycles. The van der Waals surface area contributed by atoms with Crippen molar-refractivity contribution in [3.63, 3.8) is 0 Å². The van der Waals surface area contributed by atoms with Gasteiger partial charge in [-0.25, -0.2) is 4.79 Å². The van der Waals surface area contributed by atoms with Crippen LogP contribution >= 0.6 is 0 Å². The molecule has 0 fully saturated rings. The van der Waals surface area contributed by atoms with Gasteiger partial charge in [0.25, 0.3) is 0 Å². The van der Waals surface area contributed by atoms with E-state index in [1.54, 1.807) is 19.1 Å². The molecule has 94 valence electrons. The highest BCUT2D eigenvalue weighted by Crippen LogP contribution is 2.45. The second-order valence-electron chi connectivity index (χ2n) is 4.32. The molecule has 5 nitrogen and oxygen atoms in total.